The Labute approximate surface area is 147 Å². The Balaban J connectivity index is 1.69. The largest absolute Gasteiger partial charge is 0.348 e. The molecule has 0 saturated heterocycles. The van der Waals surface area contributed by atoms with Crippen molar-refractivity contribution in [3.05, 3.63) is 69.7 Å². The summed E-state index contributed by atoms with van der Waals surface area (Å²) < 4.78 is 0.714. The first-order valence-corrected chi connectivity index (χ1v) is 8.26. The van der Waals surface area contributed by atoms with E-state index in [0.29, 0.717) is 15.6 Å². The van der Waals surface area contributed by atoms with Gasteiger partial charge in [-0.05, 0) is 30.7 Å². The Hall–Kier alpha value is -2.47. The second-order valence-corrected chi connectivity index (χ2v) is 6.50. The Morgan fingerprint density at radius 3 is 2.46 bits per heavy atom. The third-order valence-corrected chi connectivity index (χ3v) is 4.40. The number of nitrogens with zero attached hydrogens (tertiary/aromatic N) is 1. The van der Waals surface area contributed by atoms with Gasteiger partial charge in [0.15, 0.2) is 0 Å². The van der Waals surface area contributed by atoms with Crippen LogP contribution in [0.4, 0.5) is 0 Å². The molecular weight excluding hydrogens is 372 g/mol. The van der Waals surface area contributed by atoms with Gasteiger partial charge >= 0.3 is 0 Å². The summed E-state index contributed by atoms with van der Waals surface area (Å²) in [5.74, 6) is -1.26. The monoisotopic (exact) mass is 386 g/mol. The van der Waals surface area contributed by atoms with Gasteiger partial charge in [0.1, 0.15) is 6.54 Å². The summed E-state index contributed by atoms with van der Waals surface area (Å²) in [6.45, 7) is 1.56. The number of hydrogen-bond acceptors (Lipinski definition) is 3. The summed E-state index contributed by atoms with van der Waals surface area (Å²) in [4.78, 5) is 37.9. The Morgan fingerprint density at radius 1 is 1.08 bits per heavy atom. The zero-order valence-corrected chi connectivity index (χ0v) is 14.5. The third kappa shape index (κ3) is 3.10. The number of amides is 3. The van der Waals surface area contributed by atoms with E-state index in [1.165, 1.54) is 0 Å². The molecule has 122 valence electrons. The van der Waals surface area contributed by atoms with E-state index in [2.05, 4.69) is 21.2 Å². The van der Waals surface area contributed by atoms with Gasteiger partial charge in [0.25, 0.3) is 11.8 Å². The topological polar surface area (TPSA) is 66.5 Å². The molecule has 1 heterocycles. The minimum absolute atomic E-state index is 0.206. The van der Waals surface area contributed by atoms with Gasteiger partial charge < -0.3 is 5.32 Å². The van der Waals surface area contributed by atoms with Crippen LogP contribution in [0.25, 0.3) is 0 Å². The molecule has 6 heteroatoms. The van der Waals surface area contributed by atoms with Crippen molar-refractivity contribution in [3.8, 4) is 0 Å². The predicted octanol–water partition coefficient (Wildman–Crippen LogP) is 2.92. The maximum Gasteiger partial charge on any atom is 0.262 e. The number of carbonyl (C=O) groups is 3. The lowest BCUT2D eigenvalue weighted by molar-refractivity contribution is -0.122. The van der Waals surface area contributed by atoms with Crippen molar-refractivity contribution >= 4 is 33.7 Å². The second kappa shape index (κ2) is 6.57. The average Bonchev–Trinajstić information content (AvgIpc) is 2.80. The molecule has 0 aliphatic carbocycles. The lowest BCUT2D eigenvalue weighted by Gasteiger charge is -2.17. The minimum atomic E-state index is -0.446. The van der Waals surface area contributed by atoms with Crippen LogP contribution in [-0.2, 0) is 4.79 Å². The molecule has 3 amide bonds. The van der Waals surface area contributed by atoms with E-state index in [9.17, 15) is 14.4 Å². The fourth-order valence-electron chi connectivity index (χ4n) is 2.66. The summed E-state index contributed by atoms with van der Waals surface area (Å²) in [7, 11) is 0. The highest BCUT2D eigenvalue weighted by Gasteiger charge is 2.36. The quantitative estimate of drug-likeness (QED) is 0.821. The van der Waals surface area contributed by atoms with Gasteiger partial charge in [-0.25, -0.2) is 0 Å². The molecule has 1 aliphatic rings. The Morgan fingerprint density at radius 2 is 1.75 bits per heavy atom. The van der Waals surface area contributed by atoms with Crippen molar-refractivity contribution in [1.82, 2.24) is 10.2 Å². The number of halogens is 1. The molecule has 24 heavy (non-hydrogen) atoms. The molecule has 0 spiro atoms. The smallest absolute Gasteiger partial charge is 0.262 e. The molecule has 1 aliphatic heterocycles. The summed E-state index contributed by atoms with van der Waals surface area (Å²) in [6, 6.07) is 14.2. The molecule has 0 aromatic heterocycles. The van der Waals surface area contributed by atoms with Gasteiger partial charge in [-0.1, -0.05) is 46.3 Å². The molecule has 3 rings (SSSR count). The van der Waals surface area contributed by atoms with Gasteiger partial charge in [0, 0.05) is 4.47 Å². The molecule has 0 fully saturated rings. The van der Waals surface area contributed by atoms with Crippen LogP contribution in [0.15, 0.2) is 53.0 Å². The maximum atomic E-state index is 12.4. The molecule has 1 unspecified atom stereocenters. The second-order valence-electron chi connectivity index (χ2n) is 5.59. The van der Waals surface area contributed by atoms with Crippen molar-refractivity contribution < 1.29 is 14.4 Å². The van der Waals surface area contributed by atoms with Crippen LogP contribution in [0.1, 0.15) is 39.2 Å². The van der Waals surface area contributed by atoms with E-state index < -0.39 is 11.8 Å². The van der Waals surface area contributed by atoms with Crippen LogP contribution in [0, 0.1) is 0 Å². The van der Waals surface area contributed by atoms with Gasteiger partial charge in [0.2, 0.25) is 5.91 Å². The van der Waals surface area contributed by atoms with Gasteiger partial charge in [-0.15, -0.1) is 0 Å². The van der Waals surface area contributed by atoms with Crippen molar-refractivity contribution in [3.63, 3.8) is 0 Å². The number of fused-ring (bicyclic) bond motifs is 1. The molecule has 0 bridgehead atoms. The molecule has 1 N–H and O–H groups in total. The highest BCUT2D eigenvalue weighted by Crippen LogP contribution is 2.25. The first kappa shape index (κ1) is 16.4. The zero-order valence-electron chi connectivity index (χ0n) is 13.0. The fraction of sp³-hybridized carbons (Fsp3) is 0.167. The molecule has 0 radical (unpaired) electrons. The van der Waals surface area contributed by atoms with Crippen LogP contribution < -0.4 is 5.32 Å². The van der Waals surface area contributed by atoms with Crippen molar-refractivity contribution in [2.75, 3.05) is 6.54 Å². The first-order valence-electron chi connectivity index (χ1n) is 7.47. The molecule has 2 aromatic carbocycles. The Bertz CT molecular complexity index is 820. The summed E-state index contributed by atoms with van der Waals surface area (Å²) in [6.07, 6.45) is 0. The number of imide groups is 1. The van der Waals surface area contributed by atoms with Gasteiger partial charge in [0.05, 0.1) is 17.2 Å². The lowest BCUT2D eigenvalue weighted by atomic mass is 10.1. The predicted molar refractivity (Wildman–Crippen MR) is 92.5 cm³/mol. The fourth-order valence-corrected chi connectivity index (χ4v) is 3.02. The van der Waals surface area contributed by atoms with E-state index in [-0.39, 0.29) is 18.5 Å². The standard InChI is InChI=1S/C18H15BrN2O3/c1-11(12-5-3-2-4-6-12)20-16(22)10-21-17(23)14-8-7-13(19)9-15(14)18(21)24/h2-9,11H,10H2,1H3,(H,20,22). The summed E-state index contributed by atoms with van der Waals surface area (Å²) in [5.41, 5.74) is 1.60. The van der Waals surface area contributed by atoms with Gasteiger partial charge in [-0.3, -0.25) is 19.3 Å². The maximum absolute atomic E-state index is 12.4. The first-order chi connectivity index (χ1) is 11.5. The van der Waals surface area contributed by atoms with Crippen molar-refractivity contribution in [1.29, 1.82) is 0 Å². The number of benzene rings is 2. The molecule has 1 atom stereocenters. The van der Waals surface area contributed by atoms with E-state index >= 15 is 0 Å². The van der Waals surface area contributed by atoms with Crippen LogP contribution >= 0.6 is 15.9 Å². The van der Waals surface area contributed by atoms with Crippen molar-refractivity contribution in [2.24, 2.45) is 0 Å². The molecule has 2 aromatic rings. The van der Waals surface area contributed by atoms with Crippen LogP contribution in [0.5, 0.6) is 0 Å². The number of nitrogens with one attached hydrogen (secondary N) is 1. The molecule has 5 nitrogen and oxygen atoms in total. The van der Waals surface area contributed by atoms with Crippen LogP contribution in [-0.4, -0.2) is 29.2 Å². The normalized spacial score (nSPS) is 14.5. The van der Waals surface area contributed by atoms with Crippen LogP contribution in [0.3, 0.4) is 0 Å². The van der Waals surface area contributed by atoms with Gasteiger partial charge in [-0.2, -0.15) is 0 Å². The SMILES string of the molecule is CC(NC(=O)CN1C(=O)c2ccc(Br)cc2C1=O)c1ccccc1. The van der Waals surface area contributed by atoms with E-state index in [1.807, 2.05) is 37.3 Å². The average molecular weight is 387 g/mol. The summed E-state index contributed by atoms with van der Waals surface area (Å²) >= 11 is 3.28. The lowest BCUT2D eigenvalue weighted by Crippen LogP contribution is -2.41. The van der Waals surface area contributed by atoms with E-state index in [0.717, 1.165) is 10.5 Å². The highest BCUT2D eigenvalue weighted by atomic mass is 79.9. The Kier molecular flexibility index (Phi) is 4.49. The minimum Gasteiger partial charge on any atom is -0.348 e. The number of hydrogen-bond donors (Lipinski definition) is 1. The van der Waals surface area contributed by atoms with E-state index in [4.69, 9.17) is 0 Å². The third-order valence-electron chi connectivity index (χ3n) is 3.91. The number of carbonyl (C=O) groups excluding carboxylic acids is 3. The highest BCUT2D eigenvalue weighted by molar-refractivity contribution is 9.10. The molecule has 0 saturated carbocycles. The van der Waals surface area contributed by atoms with Crippen molar-refractivity contribution in [2.45, 2.75) is 13.0 Å². The van der Waals surface area contributed by atoms with E-state index in [1.54, 1.807) is 18.2 Å². The number of rotatable bonds is 4. The molecular formula is C18H15BrN2O3. The zero-order chi connectivity index (χ0) is 17.3. The summed E-state index contributed by atoms with van der Waals surface area (Å²) in [5, 5.41) is 2.81. The van der Waals surface area contributed by atoms with Crippen LogP contribution in [0.2, 0.25) is 0 Å².